The zero-order chi connectivity index (χ0) is 11.3. The molecule has 0 bridgehead atoms. The van der Waals surface area contributed by atoms with E-state index in [2.05, 4.69) is 15.9 Å². The van der Waals surface area contributed by atoms with Crippen LogP contribution < -0.4 is 4.74 Å². The van der Waals surface area contributed by atoms with Crippen molar-refractivity contribution >= 4 is 22.2 Å². The first-order chi connectivity index (χ1) is 7.13. The summed E-state index contributed by atoms with van der Waals surface area (Å²) in [6.45, 7) is 1.49. The Bertz CT molecular complexity index is 339. The Morgan fingerprint density at radius 3 is 2.73 bits per heavy atom. The van der Waals surface area contributed by atoms with Crippen molar-refractivity contribution in [3.63, 3.8) is 0 Å². The van der Waals surface area contributed by atoms with Gasteiger partial charge in [0.05, 0.1) is 4.47 Å². The molecule has 1 aromatic rings. The first kappa shape index (κ1) is 12.2. The summed E-state index contributed by atoms with van der Waals surface area (Å²) in [6.07, 6.45) is 0.814. The van der Waals surface area contributed by atoms with E-state index in [1.54, 1.807) is 18.2 Å². The average Bonchev–Trinajstić information content (AvgIpc) is 2.20. The molecule has 0 aliphatic rings. The highest BCUT2D eigenvalue weighted by Crippen LogP contribution is 2.25. The van der Waals surface area contributed by atoms with E-state index in [1.807, 2.05) is 19.0 Å². The van der Waals surface area contributed by atoms with Crippen molar-refractivity contribution in [1.82, 2.24) is 4.90 Å². The van der Waals surface area contributed by atoms with E-state index in [9.17, 15) is 4.79 Å². The lowest BCUT2D eigenvalue weighted by molar-refractivity contribution is 0.112. The predicted molar refractivity (Wildman–Crippen MR) is 63.6 cm³/mol. The van der Waals surface area contributed by atoms with Crippen molar-refractivity contribution in [2.24, 2.45) is 0 Å². The second-order valence-corrected chi connectivity index (χ2v) is 4.31. The monoisotopic (exact) mass is 271 g/mol. The first-order valence-corrected chi connectivity index (χ1v) is 5.45. The van der Waals surface area contributed by atoms with Crippen molar-refractivity contribution in [1.29, 1.82) is 0 Å². The molecule has 0 N–H and O–H groups in total. The van der Waals surface area contributed by atoms with Crippen molar-refractivity contribution in [3.8, 4) is 5.75 Å². The minimum Gasteiger partial charge on any atom is -0.491 e. The molecule has 4 heteroatoms. The Labute approximate surface area is 98.2 Å². The summed E-state index contributed by atoms with van der Waals surface area (Å²) in [5.41, 5.74) is 0.641. The second kappa shape index (κ2) is 5.88. The molecule has 0 amide bonds. The molecule has 0 unspecified atom stereocenters. The topological polar surface area (TPSA) is 29.5 Å². The van der Waals surface area contributed by atoms with Crippen LogP contribution in [-0.4, -0.2) is 38.4 Å². The van der Waals surface area contributed by atoms with E-state index < -0.39 is 0 Å². The zero-order valence-electron chi connectivity index (χ0n) is 8.87. The van der Waals surface area contributed by atoms with E-state index in [0.29, 0.717) is 12.2 Å². The summed E-state index contributed by atoms with van der Waals surface area (Å²) in [4.78, 5) is 12.6. The van der Waals surface area contributed by atoms with Gasteiger partial charge in [-0.05, 0) is 48.2 Å². The molecule has 1 aromatic carbocycles. The lowest BCUT2D eigenvalue weighted by Gasteiger charge is -2.12. The summed E-state index contributed by atoms with van der Waals surface area (Å²) < 4.78 is 6.35. The summed E-state index contributed by atoms with van der Waals surface area (Å²) in [6, 6.07) is 5.28. The summed E-state index contributed by atoms with van der Waals surface area (Å²) >= 11 is 3.36. The van der Waals surface area contributed by atoms with Crippen LogP contribution in [0.3, 0.4) is 0 Å². The number of carbonyl (C=O) groups is 1. The molecule has 0 fully saturated rings. The molecule has 0 radical (unpaired) electrons. The Hall–Kier alpha value is -0.870. The number of aldehydes is 1. The molecular formula is C11H14BrNO2. The van der Waals surface area contributed by atoms with Crippen molar-refractivity contribution in [2.75, 3.05) is 27.2 Å². The molecule has 1 rings (SSSR count). The predicted octanol–water partition coefficient (Wildman–Crippen LogP) is 2.20. The number of ether oxygens (including phenoxy) is 1. The molecule has 0 aliphatic heterocycles. The fraction of sp³-hybridized carbons (Fsp3) is 0.364. The maximum Gasteiger partial charge on any atom is 0.150 e. The van der Waals surface area contributed by atoms with Crippen LogP contribution in [-0.2, 0) is 0 Å². The Morgan fingerprint density at radius 2 is 2.20 bits per heavy atom. The largest absolute Gasteiger partial charge is 0.491 e. The first-order valence-electron chi connectivity index (χ1n) is 4.65. The third-order valence-corrected chi connectivity index (χ3v) is 2.51. The van der Waals surface area contributed by atoms with Gasteiger partial charge in [-0.2, -0.15) is 0 Å². The second-order valence-electron chi connectivity index (χ2n) is 3.46. The number of likely N-dealkylation sites (N-methyl/N-ethyl adjacent to an activating group) is 1. The van der Waals surface area contributed by atoms with Crippen LogP contribution in [0.5, 0.6) is 5.75 Å². The summed E-state index contributed by atoms with van der Waals surface area (Å²) in [7, 11) is 3.99. The normalized spacial score (nSPS) is 10.4. The van der Waals surface area contributed by atoms with Crippen LogP contribution in [0.25, 0.3) is 0 Å². The van der Waals surface area contributed by atoms with E-state index >= 15 is 0 Å². The molecule has 0 aromatic heterocycles. The van der Waals surface area contributed by atoms with Gasteiger partial charge in [0.25, 0.3) is 0 Å². The molecule has 0 aliphatic carbocycles. The highest BCUT2D eigenvalue weighted by Gasteiger charge is 2.02. The Kier molecular flexibility index (Phi) is 4.78. The van der Waals surface area contributed by atoms with Gasteiger partial charge >= 0.3 is 0 Å². The van der Waals surface area contributed by atoms with Crippen LogP contribution in [0.2, 0.25) is 0 Å². The fourth-order valence-corrected chi connectivity index (χ4v) is 1.56. The minimum atomic E-state index is 0.631. The van der Waals surface area contributed by atoms with Gasteiger partial charge in [-0.1, -0.05) is 0 Å². The number of hydrogen-bond acceptors (Lipinski definition) is 3. The SMILES string of the molecule is CN(C)CCOc1ccc(C=O)cc1Br. The lowest BCUT2D eigenvalue weighted by atomic mass is 10.2. The molecule has 15 heavy (non-hydrogen) atoms. The molecule has 0 spiro atoms. The highest BCUT2D eigenvalue weighted by molar-refractivity contribution is 9.10. The lowest BCUT2D eigenvalue weighted by Crippen LogP contribution is -2.19. The zero-order valence-corrected chi connectivity index (χ0v) is 10.5. The number of halogens is 1. The maximum atomic E-state index is 10.5. The van der Waals surface area contributed by atoms with E-state index in [0.717, 1.165) is 23.1 Å². The molecular weight excluding hydrogens is 258 g/mol. The third-order valence-electron chi connectivity index (χ3n) is 1.89. The Morgan fingerprint density at radius 1 is 1.47 bits per heavy atom. The van der Waals surface area contributed by atoms with E-state index in [-0.39, 0.29) is 0 Å². The van der Waals surface area contributed by atoms with Crippen LogP contribution in [0.4, 0.5) is 0 Å². The molecule has 0 heterocycles. The van der Waals surface area contributed by atoms with Gasteiger partial charge < -0.3 is 9.64 Å². The van der Waals surface area contributed by atoms with Gasteiger partial charge in [-0.25, -0.2) is 0 Å². The number of benzene rings is 1. The standard InChI is InChI=1S/C11H14BrNO2/c1-13(2)5-6-15-11-4-3-9(8-14)7-10(11)12/h3-4,7-8H,5-6H2,1-2H3. The van der Waals surface area contributed by atoms with Crippen LogP contribution in [0.1, 0.15) is 10.4 Å². The fourth-order valence-electron chi connectivity index (χ4n) is 1.05. The molecule has 3 nitrogen and oxygen atoms in total. The van der Waals surface area contributed by atoms with E-state index in [4.69, 9.17) is 4.74 Å². The number of hydrogen-bond donors (Lipinski definition) is 0. The van der Waals surface area contributed by atoms with Gasteiger partial charge in [0.2, 0.25) is 0 Å². The van der Waals surface area contributed by atoms with Crippen molar-refractivity contribution < 1.29 is 9.53 Å². The van der Waals surface area contributed by atoms with Crippen LogP contribution >= 0.6 is 15.9 Å². The molecule has 0 saturated heterocycles. The van der Waals surface area contributed by atoms with Gasteiger partial charge in [0, 0.05) is 12.1 Å². The number of rotatable bonds is 5. The highest BCUT2D eigenvalue weighted by atomic mass is 79.9. The summed E-state index contributed by atoms with van der Waals surface area (Å²) in [5, 5.41) is 0. The van der Waals surface area contributed by atoms with E-state index in [1.165, 1.54) is 0 Å². The number of carbonyl (C=O) groups excluding carboxylic acids is 1. The average molecular weight is 272 g/mol. The minimum absolute atomic E-state index is 0.631. The Balaban J connectivity index is 2.58. The van der Waals surface area contributed by atoms with Crippen molar-refractivity contribution in [3.05, 3.63) is 28.2 Å². The van der Waals surface area contributed by atoms with Crippen LogP contribution in [0, 0.1) is 0 Å². The molecule has 0 atom stereocenters. The smallest absolute Gasteiger partial charge is 0.150 e. The van der Waals surface area contributed by atoms with Gasteiger partial charge in [0.15, 0.2) is 0 Å². The van der Waals surface area contributed by atoms with Gasteiger partial charge in [-0.15, -0.1) is 0 Å². The van der Waals surface area contributed by atoms with Gasteiger partial charge in [-0.3, -0.25) is 4.79 Å². The summed E-state index contributed by atoms with van der Waals surface area (Å²) in [5.74, 6) is 0.766. The number of nitrogens with zero attached hydrogens (tertiary/aromatic N) is 1. The third kappa shape index (κ3) is 4.01. The molecule has 82 valence electrons. The quantitative estimate of drug-likeness (QED) is 0.770. The van der Waals surface area contributed by atoms with Crippen molar-refractivity contribution in [2.45, 2.75) is 0 Å². The van der Waals surface area contributed by atoms with Gasteiger partial charge in [0.1, 0.15) is 18.6 Å². The maximum absolute atomic E-state index is 10.5. The molecule has 0 saturated carbocycles. The van der Waals surface area contributed by atoms with Crippen LogP contribution in [0.15, 0.2) is 22.7 Å².